The minimum absolute atomic E-state index is 0.198. The Morgan fingerprint density at radius 3 is 2.05 bits per heavy atom. The van der Waals surface area contributed by atoms with Gasteiger partial charge < -0.3 is 9.84 Å². The summed E-state index contributed by atoms with van der Waals surface area (Å²) in [5.41, 5.74) is -1.21. The van der Waals surface area contributed by atoms with E-state index in [9.17, 15) is 22.7 Å². The van der Waals surface area contributed by atoms with E-state index in [1.54, 1.807) is 0 Å². The monoisotopic (exact) mass is 294 g/mol. The van der Waals surface area contributed by atoms with Crippen molar-refractivity contribution in [2.24, 2.45) is 0 Å². The van der Waals surface area contributed by atoms with Crippen LogP contribution < -0.4 is 0 Å². The van der Waals surface area contributed by atoms with E-state index in [-0.39, 0.29) is 11.5 Å². The average Bonchev–Trinajstić information content (AvgIpc) is 2.25. The van der Waals surface area contributed by atoms with Gasteiger partial charge in [-0.25, -0.2) is 17.6 Å². The quantitative estimate of drug-likeness (QED) is 0.433. The van der Waals surface area contributed by atoms with Gasteiger partial charge in [0, 0.05) is 6.08 Å². The zero-order valence-corrected chi connectivity index (χ0v) is 11.6. The lowest BCUT2D eigenvalue weighted by atomic mass is 9.99. The summed E-state index contributed by atoms with van der Waals surface area (Å²) in [4.78, 5) is 0. The molecule has 0 aromatic rings. The van der Waals surface area contributed by atoms with Crippen molar-refractivity contribution in [2.75, 3.05) is 0 Å². The van der Waals surface area contributed by atoms with E-state index in [1.165, 1.54) is 6.92 Å². The number of hydrogen-bond acceptors (Lipinski definition) is 2. The van der Waals surface area contributed by atoms with Crippen LogP contribution in [0.25, 0.3) is 0 Å². The summed E-state index contributed by atoms with van der Waals surface area (Å²) >= 11 is 0. The minimum atomic E-state index is -3.03. The lowest BCUT2D eigenvalue weighted by molar-refractivity contribution is 0.110. The summed E-state index contributed by atoms with van der Waals surface area (Å²) in [6, 6.07) is 0. The highest BCUT2D eigenvalue weighted by molar-refractivity contribution is 5.36. The molecular formula is C14H18F4O2. The summed E-state index contributed by atoms with van der Waals surface area (Å²) in [6.45, 7) is 9.92. The molecule has 0 aliphatic rings. The first-order valence-corrected chi connectivity index (χ1v) is 5.78. The van der Waals surface area contributed by atoms with Crippen LogP contribution in [0.3, 0.4) is 0 Å². The Morgan fingerprint density at radius 2 is 1.70 bits per heavy atom. The topological polar surface area (TPSA) is 29.5 Å². The molecule has 2 atom stereocenters. The summed E-state index contributed by atoms with van der Waals surface area (Å²) < 4.78 is 56.5. The van der Waals surface area contributed by atoms with Gasteiger partial charge in [0.25, 0.3) is 6.43 Å². The van der Waals surface area contributed by atoms with Crippen LogP contribution in [0.2, 0.25) is 0 Å². The normalized spacial score (nSPS) is 16.6. The van der Waals surface area contributed by atoms with E-state index in [2.05, 4.69) is 13.2 Å². The first-order valence-electron chi connectivity index (χ1n) is 5.78. The van der Waals surface area contributed by atoms with Gasteiger partial charge in [0.05, 0.1) is 5.57 Å². The second-order valence-corrected chi connectivity index (χ2v) is 4.22. The van der Waals surface area contributed by atoms with Crippen LogP contribution in [-0.4, -0.2) is 23.8 Å². The Balaban J connectivity index is 5.34. The van der Waals surface area contributed by atoms with Crippen LogP contribution in [0.1, 0.15) is 20.8 Å². The number of hydrogen-bond donors (Lipinski definition) is 1. The van der Waals surface area contributed by atoms with Crippen LogP contribution in [0.4, 0.5) is 17.6 Å². The molecule has 0 radical (unpaired) electrons. The Morgan fingerprint density at radius 1 is 1.20 bits per heavy atom. The van der Waals surface area contributed by atoms with Gasteiger partial charge in [-0.3, -0.25) is 0 Å². The summed E-state index contributed by atoms with van der Waals surface area (Å²) in [6.07, 6.45) is -5.66. The van der Waals surface area contributed by atoms with Gasteiger partial charge in [-0.15, -0.1) is 0 Å². The fourth-order valence-electron chi connectivity index (χ4n) is 1.46. The molecule has 0 rings (SSSR count). The van der Waals surface area contributed by atoms with E-state index in [0.717, 1.165) is 19.9 Å². The van der Waals surface area contributed by atoms with Crippen molar-refractivity contribution in [3.05, 3.63) is 47.7 Å². The van der Waals surface area contributed by atoms with Crippen molar-refractivity contribution in [3.8, 4) is 0 Å². The SMILES string of the molecule is C=C(/C=C(\C)F)O/C(C)=C(/C(=C)C(O)C(C)F)C(F)F. The molecule has 0 aliphatic carbocycles. The number of ether oxygens (including phenoxy) is 1. The third kappa shape index (κ3) is 5.61. The zero-order valence-electron chi connectivity index (χ0n) is 11.6. The minimum Gasteiger partial charge on any atom is -0.462 e. The van der Waals surface area contributed by atoms with Crippen molar-refractivity contribution in [3.63, 3.8) is 0 Å². The maximum absolute atomic E-state index is 13.0. The summed E-state index contributed by atoms with van der Waals surface area (Å²) in [5.74, 6) is -1.14. The van der Waals surface area contributed by atoms with Crippen molar-refractivity contribution in [2.45, 2.75) is 39.5 Å². The molecule has 2 nitrogen and oxygen atoms in total. The molecule has 20 heavy (non-hydrogen) atoms. The molecule has 0 saturated carbocycles. The van der Waals surface area contributed by atoms with Crippen molar-refractivity contribution in [1.29, 1.82) is 0 Å². The van der Waals surface area contributed by atoms with Crippen LogP contribution in [0.15, 0.2) is 47.7 Å². The smallest absolute Gasteiger partial charge is 0.267 e. The van der Waals surface area contributed by atoms with E-state index in [0.29, 0.717) is 0 Å². The third-order valence-corrected chi connectivity index (χ3v) is 2.38. The van der Waals surface area contributed by atoms with E-state index >= 15 is 0 Å². The lowest BCUT2D eigenvalue weighted by Crippen LogP contribution is -2.24. The number of rotatable bonds is 7. The Bertz CT molecular complexity index is 432. The van der Waals surface area contributed by atoms with Gasteiger partial charge in [-0.1, -0.05) is 13.2 Å². The van der Waals surface area contributed by atoms with Gasteiger partial charge in [0.1, 0.15) is 29.6 Å². The van der Waals surface area contributed by atoms with Crippen LogP contribution in [0, 0.1) is 0 Å². The zero-order chi connectivity index (χ0) is 16.0. The first-order chi connectivity index (χ1) is 9.07. The number of halogens is 4. The molecule has 0 spiro atoms. The molecule has 0 fully saturated rings. The molecule has 0 saturated heterocycles. The highest BCUT2D eigenvalue weighted by Gasteiger charge is 2.27. The fraction of sp³-hybridized carbons (Fsp3) is 0.429. The second kappa shape index (κ2) is 7.89. The van der Waals surface area contributed by atoms with Crippen molar-refractivity contribution in [1.82, 2.24) is 0 Å². The molecule has 0 aromatic carbocycles. The number of alkyl halides is 3. The van der Waals surface area contributed by atoms with Crippen LogP contribution in [0.5, 0.6) is 0 Å². The molecule has 0 amide bonds. The average molecular weight is 294 g/mol. The molecular weight excluding hydrogens is 276 g/mol. The molecule has 0 aliphatic heterocycles. The van der Waals surface area contributed by atoms with Crippen LogP contribution in [-0.2, 0) is 4.74 Å². The standard InChI is InChI=1S/C14H18F4O2/c1-7(15)6-8(2)20-11(5)12(14(17)18)9(3)13(19)10(4)16/h6,10,13-14,19H,2-3H2,1,4-5H3/b7-6+,12-11-. The van der Waals surface area contributed by atoms with Gasteiger partial charge in [0.2, 0.25) is 0 Å². The van der Waals surface area contributed by atoms with Gasteiger partial charge in [-0.2, -0.15) is 0 Å². The molecule has 1 N–H and O–H groups in total. The Hall–Kier alpha value is -1.56. The molecule has 114 valence electrons. The maximum atomic E-state index is 13.0. The molecule has 0 aromatic heterocycles. The van der Waals surface area contributed by atoms with E-state index in [1.807, 2.05) is 0 Å². The van der Waals surface area contributed by atoms with Gasteiger partial charge in [-0.05, 0) is 26.3 Å². The molecule has 2 unspecified atom stereocenters. The largest absolute Gasteiger partial charge is 0.462 e. The highest BCUT2D eigenvalue weighted by Crippen LogP contribution is 2.27. The van der Waals surface area contributed by atoms with E-state index < -0.39 is 35.7 Å². The third-order valence-electron chi connectivity index (χ3n) is 2.38. The Labute approximate surface area is 115 Å². The predicted molar refractivity (Wildman–Crippen MR) is 69.5 cm³/mol. The van der Waals surface area contributed by atoms with Crippen molar-refractivity contribution >= 4 is 0 Å². The van der Waals surface area contributed by atoms with Gasteiger partial charge >= 0.3 is 0 Å². The molecule has 0 heterocycles. The number of aliphatic hydroxyl groups is 1. The predicted octanol–water partition coefficient (Wildman–Crippen LogP) is 4.20. The summed E-state index contributed by atoms with van der Waals surface area (Å²) in [5, 5.41) is 9.45. The number of aliphatic hydroxyl groups excluding tert-OH is 1. The van der Waals surface area contributed by atoms with Gasteiger partial charge in [0.15, 0.2) is 0 Å². The second-order valence-electron chi connectivity index (χ2n) is 4.22. The lowest BCUT2D eigenvalue weighted by Gasteiger charge is -2.20. The number of allylic oxidation sites excluding steroid dienone is 3. The molecule has 0 bridgehead atoms. The fourth-order valence-corrected chi connectivity index (χ4v) is 1.46. The summed E-state index contributed by atoms with van der Waals surface area (Å²) in [7, 11) is 0. The Kier molecular flexibility index (Phi) is 7.28. The molecule has 6 heteroatoms. The van der Waals surface area contributed by atoms with Crippen LogP contribution >= 0.6 is 0 Å². The van der Waals surface area contributed by atoms with Crippen molar-refractivity contribution < 1.29 is 27.4 Å². The first kappa shape index (κ1) is 18.4. The van der Waals surface area contributed by atoms with E-state index in [4.69, 9.17) is 4.74 Å². The highest BCUT2D eigenvalue weighted by atomic mass is 19.3. The maximum Gasteiger partial charge on any atom is 0.267 e.